The van der Waals surface area contributed by atoms with Crippen LogP contribution in [0.25, 0.3) is 0 Å². The van der Waals surface area contributed by atoms with E-state index in [0.717, 1.165) is 28.2 Å². The summed E-state index contributed by atoms with van der Waals surface area (Å²) in [6.45, 7) is 6.89. The third kappa shape index (κ3) is 5.49. The first-order valence-electron chi connectivity index (χ1n) is 9.70. The van der Waals surface area contributed by atoms with Crippen LogP contribution in [0.2, 0.25) is 0 Å². The second-order valence-electron chi connectivity index (χ2n) is 7.50. The molecule has 0 amide bonds. The number of cyclic esters (lactones) is 1. The molecule has 0 spiro atoms. The summed E-state index contributed by atoms with van der Waals surface area (Å²) in [5, 5.41) is 9.76. The average Bonchev–Trinajstić information content (AvgIpc) is 2.62. The highest BCUT2D eigenvalue weighted by Crippen LogP contribution is 2.27. The van der Waals surface area contributed by atoms with E-state index in [1.165, 1.54) is 5.56 Å². The molecule has 150 valence electrons. The number of benzene rings is 2. The zero-order valence-electron chi connectivity index (χ0n) is 16.7. The van der Waals surface area contributed by atoms with Crippen LogP contribution in [0.3, 0.4) is 0 Å². The predicted molar refractivity (Wildman–Crippen MR) is 107 cm³/mol. The molecule has 1 heterocycles. The molecule has 0 unspecified atom stereocenters. The van der Waals surface area contributed by atoms with Crippen LogP contribution in [0.1, 0.15) is 35.1 Å². The smallest absolute Gasteiger partial charge is 0.308 e. The molecule has 1 saturated heterocycles. The largest absolute Gasteiger partial charge is 0.493 e. The molecule has 0 saturated carbocycles. The molecule has 1 aliphatic heterocycles. The van der Waals surface area contributed by atoms with Crippen molar-refractivity contribution in [1.29, 1.82) is 0 Å². The summed E-state index contributed by atoms with van der Waals surface area (Å²) >= 11 is 0. The third-order valence-corrected chi connectivity index (χ3v) is 4.81. The summed E-state index contributed by atoms with van der Waals surface area (Å²) < 4.78 is 17.2. The highest BCUT2D eigenvalue weighted by Gasteiger charge is 2.28. The minimum Gasteiger partial charge on any atom is -0.493 e. The lowest BCUT2D eigenvalue weighted by Crippen LogP contribution is -2.36. The Morgan fingerprint density at radius 2 is 1.82 bits per heavy atom. The summed E-state index contributed by atoms with van der Waals surface area (Å²) in [6.07, 6.45) is 0.0909. The lowest BCUT2D eigenvalue weighted by Gasteiger charge is -2.26. The van der Waals surface area contributed by atoms with Crippen LogP contribution in [-0.2, 0) is 16.0 Å². The Kier molecular flexibility index (Phi) is 6.57. The topological polar surface area (TPSA) is 65.0 Å². The van der Waals surface area contributed by atoms with Gasteiger partial charge >= 0.3 is 5.97 Å². The maximum atomic E-state index is 11.5. The molecule has 0 bridgehead atoms. The van der Waals surface area contributed by atoms with Crippen molar-refractivity contribution in [1.82, 2.24) is 0 Å². The molecule has 1 N–H and O–H groups in total. The van der Waals surface area contributed by atoms with Gasteiger partial charge < -0.3 is 19.3 Å². The van der Waals surface area contributed by atoms with Crippen LogP contribution in [0.5, 0.6) is 11.5 Å². The van der Waals surface area contributed by atoms with Gasteiger partial charge in [-0.1, -0.05) is 35.4 Å². The SMILES string of the molecule is Cc1ccc(OCCc2cc(C)cc(C)c2OC[C@@H]2C[C@@H](O)CC(=O)O2)cc1. The monoisotopic (exact) mass is 384 g/mol. The maximum absolute atomic E-state index is 11.5. The molecule has 5 nitrogen and oxygen atoms in total. The van der Waals surface area contributed by atoms with Crippen molar-refractivity contribution in [2.75, 3.05) is 13.2 Å². The second-order valence-corrected chi connectivity index (χ2v) is 7.50. The highest BCUT2D eigenvalue weighted by atomic mass is 16.6. The van der Waals surface area contributed by atoms with Crippen molar-refractivity contribution in [2.45, 2.75) is 52.2 Å². The molecule has 28 heavy (non-hydrogen) atoms. The zero-order chi connectivity index (χ0) is 20.1. The van der Waals surface area contributed by atoms with E-state index in [1.54, 1.807) is 0 Å². The number of aliphatic hydroxyl groups excluding tert-OH is 1. The van der Waals surface area contributed by atoms with Crippen molar-refractivity contribution < 1.29 is 24.1 Å². The summed E-state index contributed by atoms with van der Waals surface area (Å²) in [5.41, 5.74) is 4.46. The number of rotatable bonds is 7. The lowest BCUT2D eigenvalue weighted by atomic mass is 10.0. The number of carbonyl (C=O) groups excluding carboxylic acids is 1. The lowest BCUT2D eigenvalue weighted by molar-refractivity contribution is -0.162. The maximum Gasteiger partial charge on any atom is 0.308 e. The van der Waals surface area contributed by atoms with E-state index >= 15 is 0 Å². The number of carbonyl (C=O) groups is 1. The Morgan fingerprint density at radius 3 is 2.54 bits per heavy atom. The molecule has 0 aromatic heterocycles. The molecule has 0 aliphatic carbocycles. The molecule has 3 rings (SSSR count). The Bertz CT molecular complexity index is 812. The number of aryl methyl sites for hydroxylation is 3. The summed E-state index contributed by atoms with van der Waals surface area (Å²) in [4.78, 5) is 11.5. The number of esters is 1. The first-order chi connectivity index (χ1) is 13.4. The molecule has 1 fully saturated rings. The van der Waals surface area contributed by atoms with Crippen LogP contribution < -0.4 is 9.47 Å². The molecule has 1 aliphatic rings. The van der Waals surface area contributed by atoms with Crippen molar-refractivity contribution >= 4 is 5.97 Å². The van der Waals surface area contributed by atoms with Crippen LogP contribution in [0, 0.1) is 20.8 Å². The minimum absolute atomic E-state index is 0.0572. The first-order valence-corrected chi connectivity index (χ1v) is 9.70. The van der Waals surface area contributed by atoms with Gasteiger partial charge in [-0.3, -0.25) is 4.79 Å². The quantitative estimate of drug-likeness (QED) is 0.738. The van der Waals surface area contributed by atoms with Gasteiger partial charge in [-0.15, -0.1) is 0 Å². The van der Waals surface area contributed by atoms with Gasteiger partial charge in [0.05, 0.1) is 19.1 Å². The van der Waals surface area contributed by atoms with Crippen LogP contribution in [-0.4, -0.2) is 36.5 Å². The Morgan fingerprint density at radius 1 is 1.07 bits per heavy atom. The van der Waals surface area contributed by atoms with E-state index in [-0.39, 0.29) is 19.0 Å². The van der Waals surface area contributed by atoms with Crippen LogP contribution in [0.4, 0.5) is 0 Å². The fourth-order valence-corrected chi connectivity index (χ4v) is 3.49. The predicted octanol–water partition coefficient (Wildman–Crippen LogP) is 3.68. The number of hydrogen-bond donors (Lipinski definition) is 1. The fraction of sp³-hybridized carbons (Fsp3) is 0.435. The van der Waals surface area contributed by atoms with E-state index in [9.17, 15) is 9.90 Å². The standard InChI is InChI=1S/C23H28O5/c1-15-4-6-20(7-5-15)26-9-8-18-11-16(2)10-17(3)23(18)27-14-21-12-19(24)13-22(25)28-21/h4-7,10-11,19,21,24H,8-9,12-14H2,1-3H3/t19-,21+/m1/s1. The van der Waals surface area contributed by atoms with Gasteiger partial charge in [-0.25, -0.2) is 0 Å². The average molecular weight is 384 g/mol. The van der Waals surface area contributed by atoms with Gasteiger partial charge in [-0.2, -0.15) is 0 Å². The van der Waals surface area contributed by atoms with Gasteiger partial charge in [0.15, 0.2) is 0 Å². The van der Waals surface area contributed by atoms with Crippen molar-refractivity contribution in [3.8, 4) is 11.5 Å². The first kappa shape index (κ1) is 20.2. The number of aliphatic hydroxyl groups is 1. The second kappa shape index (κ2) is 9.11. The van der Waals surface area contributed by atoms with Crippen molar-refractivity contribution in [3.05, 3.63) is 58.7 Å². The summed E-state index contributed by atoms with van der Waals surface area (Å²) in [6, 6.07) is 12.2. The number of ether oxygens (including phenoxy) is 3. The summed E-state index contributed by atoms with van der Waals surface area (Å²) in [7, 11) is 0. The molecule has 5 heteroatoms. The Balaban J connectivity index is 1.63. The van der Waals surface area contributed by atoms with E-state index in [0.29, 0.717) is 19.4 Å². The van der Waals surface area contributed by atoms with Gasteiger partial charge in [0.2, 0.25) is 0 Å². The van der Waals surface area contributed by atoms with Gasteiger partial charge in [0, 0.05) is 12.8 Å². The summed E-state index contributed by atoms with van der Waals surface area (Å²) in [5.74, 6) is 1.27. The van der Waals surface area contributed by atoms with E-state index in [1.807, 2.05) is 38.1 Å². The van der Waals surface area contributed by atoms with Gasteiger partial charge in [0.25, 0.3) is 0 Å². The number of hydrogen-bond acceptors (Lipinski definition) is 5. The molecule has 2 atom stereocenters. The Labute approximate surface area is 166 Å². The highest BCUT2D eigenvalue weighted by molar-refractivity contribution is 5.71. The van der Waals surface area contributed by atoms with Gasteiger partial charge in [0.1, 0.15) is 24.2 Å². The van der Waals surface area contributed by atoms with E-state index in [4.69, 9.17) is 14.2 Å². The minimum atomic E-state index is -0.656. The van der Waals surface area contributed by atoms with Crippen LogP contribution >= 0.6 is 0 Å². The van der Waals surface area contributed by atoms with Crippen molar-refractivity contribution in [2.24, 2.45) is 0 Å². The Hall–Kier alpha value is -2.53. The zero-order valence-corrected chi connectivity index (χ0v) is 16.7. The fourth-order valence-electron chi connectivity index (χ4n) is 3.49. The molecular formula is C23H28O5. The van der Waals surface area contributed by atoms with E-state index < -0.39 is 12.2 Å². The third-order valence-electron chi connectivity index (χ3n) is 4.81. The molecule has 2 aromatic carbocycles. The van der Waals surface area contributed by atoms with E-state index in [2.05, 4.69) is 19.1 Å². The van der Waals surface area contributed by atoms with Gasteiger partial charge in [-0.05, 0) is 44.0 Å². The molecule has 2 aromatic rings. The van der Waals surface area contributed by atoms with Crippen LogP contribution in [0.15, 0.2) is 36.4 Å². The normalized spacial score (nSPS) is 19.2. The molecular weight excluding hydrogens is 356 g/mol. The molecule has 0 radical (unpaired) electrons. The van der Waals surface area contributed by atoms with Crippen molar-refractivity contribution in [3.63, 3.8) is 0 Å².